The van der Waals surface area contributed by atoms with Gasteiger partial charge < -0.3 is 14.8 Å². The molecule has 0 radical (unpaired) electrons. The average Bonchev–Trinajstić information content (AvgIpc) is 2.85. The molecule has 1 saturated heterocycles. The minimum atomic E-state index is -0.472. The van der Waals surface area contributed by atoms with Crippen LogP contribution in [0.25, 0.3) is 0 Å². The van der Waals surface area contributed by atoms with Crippen LogP contribution in [0, 0.1) is 0 Å². The van der Waals surface area contributed by atoms with Crippen LogP contribution in [-0.4, -0.2) is 56.9 Å². The van der Waals surface area contributed by atoms with Gasteiger partial charge in [-0.05, 0) is 25.0 Å². The third-order valence-electron chi connectivity index (χ3n) is 6.65. The summed E-state index contributed by atoms with van der Waals surface area (Å²) in [5.74, 6) is 1.08. The summed E-state index contributed by atoms with van der Waals surface area (Å²) in [5.41, 5.74) is 0.585. The number of nitrogens with one attached hydrogen (secondary N) is 1. The number of aromatic nitrogens is 2. The summed E-state index contributed by atoms with van der Waals surface area (Å²) in [6, 6.07) is 5.83. The van der Waals surface area contributed by atoms with Gasteiger partial charge in [-0.15, -0.1) is 0 Å². The van der Waals surface area contributed by atoms with Crippen molar-refractivity contribution in [3.8, 4) is 0 Å². The molecule has 2 aromatic heterocycles. The Hall–Kier alpha value is -2.61. The minimum Gasteiger partial charge on any atom is -0.352 e. The van der Waals surface area contributed by atoms with E-state index < -0.39 is 5.43 Å². The quantitative estimate of drug-likeness (QED) is 0.681. The Balaban J connectivity index is 1.59. The van der Waals surface area contributed by atoms with Crippen molar-refractivity contribution in [1.29, 1.82) is 0 Å². The molecule has 2 aromatic rings. The summed E-state index contributed by atoms with van der Waals surface area (Å²) < 4.78 is 1.80. The molecule has 34 heavy (non-hydrogen) atoms. The van der Waals surface area contributed by atoms with Crippen molar-refractivity contribution in [3.63, 3.8) is 0 Å². The molecule has 3 heterocycles. The molecular formula is C26H34N4O3S. The summed E-state index contributed by atoms with van der Waals surface area (Å²) in [6.07, 6.45) is 13.3. The first-order valence-corrected chi connectivity index (χ1v) is 13.6. The third kappa shape index (κ3) is 6.50. The Morgan fingerprint density at radius 2 is 1.71 bits per heavy atom. The van der Waals surface area contributed by atoms with Gasteiger partial charge in [-0.2, -0.15) is 11.8 Å². The lowest BCUT2D eigenvalue weighted by Crippen LogP contribution is -2.42. The normalized spacial score (nSPS) is 17.6. The zero-order valence-electron chi connectivity index (χ0n) is 19.7. The Morgan fingerprint density at radius 1 is 1.00 bits per heavy atom. The molecule has 0 spiro atoms. The van der Waals surface area contributed by atoms with Crippen LogP contribution in [0.1, 0.15) is 71.4 Å². The highest BCUT2D eigenvalue weighted by atomic mass is 32.2. The van der Waals surface area contributed by atoms with Gasteiger partial charge in [0.05, 0.1) is 0 Å². The van der Waals surface area contributed by atoms with Gasteiger partial charge >= 0.3 is 0 Å². The Morgan fingerprint density at radius 3 is 2.41 bits per heavy atom. The lowest BCUT2D eigenvalue weighted by molar-refractivity contribution is 0.0770. The molecule has 1 aliphatic heterocycles. The lowest BCUT2D eigenvalue weighted by atomic mass is 9.96. The zero-order valence-corrected chi connectivity index (χ0v) is 20.5. The maximum Gasteiger partial charge on any atom is 0.259 e. The molecule has 1 aliphatic carbocycles. The molecule has 1 saturated carbocycles. The number of pyridine rings is 2. The molecule has 7 nitrogen and oxygen atoms in total. The molecule has 182 valence electrons. The number of thioether (sulfide) groups is 1. The van der Waals surface area contributed by atoms with Crippen LogP contribution < -0.4 is 10.7 Å². The van der Waals surface area contributed by atoms with E-state index in [0.29, 0.717) is 26.1 Å². The van der Waals surface area contributed by atoms with E-state index in [9.17, 15) is 14.4 Å². The van der Waals surface area contributed by atoms with Crippen LogP contribution in [0.4, 0.5) is 0 Å². The topological polar surface area (TPSA) is 84.3 Å². The highest BCUT2D eigenvalue weighted by molar-refractivity contribution is 7.99. The van der Waals surface area contributed by atoms with Gasteiger partial charge in [0.1, 0.15) is 11.1 Å². The molecule has 2 fully saturated rings. The molecule has 0 atom stereocenters. The smallest absolute Gasteiger partial charge is 0.259 e. The third-order valence-corrected chi connectivity index (χ3v) is 7.59. The van der Waals surface area contributed by atoms with E-state index in [1.54, 1.807) is 39.8 Å². The summed E-state index contributed by atoms with van der Waals surface area (Å²) >= 11 is 1.81. The van der Waals surface area contributed by atoms with Gasteiger partial charge in [-0.3, -0.25) is 19.4 Å². The maximum atomic E-state index is 13.3. The summed E-state index contributed by atoms with van der Waals surface area (Å²) in [7, 11) is 0. The number of amides is 2. The van der Waals surface area contributed by atoms with E-state index in [-0.39, 0.29) is 29.0 Å². The summed E-state index contributed by atoms with van der Waals surface area (Å²) in [6.45, 7) is 1.77. The van der Waals surface area contributed by atoms with Crippen LogP contribution in [0.5, 0.6) is 0 Å². The first kappa shape index (κ1) is 24.5. The predicted molar refractivity (Wildman–Crippen MR) is 135 cm³/mol. The van der Waals surface area contributed by atoms with Gasteiger partial charge in [-0.25, -0.2) is 0 Å². The fourth-order valence-electron chi connectivity index (χ4n) is 4.66. The van der Waals surface area contributed by atoms with Gasteiger partial charge in [-0.1, -0.05) is 38.2 Å². The molecule has 4 rings (SSSR count). The first-order valence-electron chi connectivity index (χ1n) is 12.4. The highest BCUT2D eigenvalue weighted by Gasteiger charge is 2.25. The molecule has 0 aromatic carbocycles. The van der Waals surface area contributed by atoms with Gasteiger partial charge in [0, 0.05) is 67.9 Å². The van der Waals surface area contributed by atoms with Crippen molar-refractivity contribution in [2.45, 2.75) is 64.0 Å². The second kappa shape index (κ2) is 12.2. The van der Waals surface area contributed by atoms with Crippen LogP contribution in [0.15, 0.2) is 41.6 Å². The van der Waals surface area contributed by atoms with Gasteiger partial charge in [0.2, 0.25) is 5.43 Å². The van der Waals surface area contributed by atoms with Gasteiger partial charge in [0.25, 0.3) is 11.8 Å². The van der Waals surface area contributed by atoms with Crippen molar-refractivity contribution in [1.82, 2.24) is 19.8 Å². The van der Waals surface area contributed by atoms with Crippen molar-refractivity contribution in [2.24, 2.45) is 0 Å². The second-order valence-corrected chi connectivity index (χ2v) is 10.4. The maximum absolute atomic E-state index is 13.3. The molecule has 8 heteroatoms. The number of rotatable bonds is 6. The number of hydrogen-bond donors (Lipinski definition) is 1. The van der Waals surface area contributed by atoms with E-state index in [4.69, 9.17) is 0 Å². The molecule has 1 N–H and O–H groups in total. The predicted octanol–water partition coefficient (Wildman–Crippen LogP) is 3.52. The van der Waals surface area contributed by atoms with E-state index >= 15 is 0 Å². The molecular weight excluding hydrogens is 448 g/mol. The fourth-order valence-corrected chi connectivity index (χ4v) is 5.57. The van der Waals surface area contributed by atoms with E-state index in [0.717, 1.165) is 42.9 Å². The number of hydrogen-bond acceptors (Lipinski definition) is 5. The van der Waals surface area contributed by atoms with Crippen molar-refractivity contribution >= 4 is 23.6 Å². The Labute approximate surface area is 205 Å². The van der Waals surface area contributed by atoms with Crippen LogP contribution in [-0.2, 0) is 13.0 Å². The fraction of sp³-hybridized carbons (Fsp3) is 0.538. The molecule has 2 aliphatic rings. The summed E-state index contributed by atoms with van der Waals surface area (Å²) in [4.78, 5) is 45.9. The van der Waals surface area contributed by atoms with Crippen LogP contribution in [0.2, 0.25) is 0 Å². The van der Waals surface area contributed by atoms with Crippen molar-refractivity contribution < 1.29 is 9.59 Å². The van der Waals surface area contributed by atoms with Crippen molar-refractivity contribution in [3.05, 3.63) is 63.8 Å². The Kier molecular flexibility index (Phi) is 8.79. The average molecular weight is 483 g/mol. The minimum absolute atomic E-state index is 0.0558. The van der Waals surface area contributed by atoms with Crippen molar-refractivity contribution in [2.75, 3.05) is 24.6 Å². The zero-order chi connectivity index (χ0) is 23.8. The standard InChI is InChI=1S/C26H34N4O3S/c31-24-22(25(32)28-21-9-4-2-1-3-5-10-21)18-29(13-11-20-8-6-7-12-27-20)19-23(24)26(33)30-14-16-34-17-15-30/h6-8,12,18-19,21H,1-5,9-11,13-17H2,(H,28,32). The van der Waals surface area contributed by atoms with Gasteiger partial charge in [0.15, 0.2) is 0 Å². The number of carbonyl (C=O) groups excluding carboxylic acids is 2. The Bertz CT molecular complexity index is 1030. The SMILES string of the molecule is O=C(NC1CCCCCCC1)c1cn(CCc2ccccn2)cc(C(=O)N2CCSCC2)c1=O. The first-order chi connectivity index (χ1) is 16.6. The number of aryl methyl sites for hydroxylation is 2. The number of nitrogens with zero attached hydrogens (tertiary/aromatic N) is 3. The summed E-state index contributed by atoms with van der Waals surface area (Å²) in [5, 5.41) is 3.10. The van der Waals surface area contributed by atoms with E-state index in [1.807, 2.05) is 18.2 Å². The molecule has 0 unspecified atom stereocenters. The van der Waals surface area contributed by atoms with E-state index in [1.165, 1.54) is 19.3 Å². The van der Waals surface area contributed by atoms with Crippen LogP contribution in [0.3, 0.4) is 0 Å². The largest absolute Gasteiger partial charge is 0.352 e. The monoisotopic (exact) mass is 482 g/mol. The molecule has 2 amide bonds. The molecule has 0 bridgehead atoms. The number of carbonyl (C=O) groups is 2. The van der Waals surface area contributed by atoms with E-state index in [2.05, 4.69) is 10.3 Å². The van der Waals surface area contributed by atoms with Crippen LogP contribution >= 0.6 is 11.8 Å². The highest BCUT2D eigenvalue weighted by Crippen LogP contribution is 2.18. The second-order valence-electron chi connectivity index (χ2n) is 9.14. The lowest BCUT2D eigenvalue weighted by Gasteiger charge is -2.26.